The summed E-state index contributed by atoms with van der Waals surface area (Å²) >= 11 is 0. The largest absolute Gasteiger partial charge is 0.298 e. The lowest BCUT2D eigenvalue weighted by molar-refractivity contribution is 0.0914. The molecular formula is C18H31N3. The molecule has 0 spiro atoms. The molecule has 0 radical (unpaired) electrons. The van der Waals surface area contributed by atoms with Crippen molar-refractivity contribution in [1.29, 1.82) is 5.26 Å². The van der Waals surface area contributed by atoms with Crippen molar-refractivity contribution in [2.75, 3.05) is 6.54 Å². The molecule has 3 rings (SSSR count). The molecule has 0 bridgehead atoms. The zero-order valence-electron chi connectivity index (χ0n) is 13.8. The van der Waals surface area contributed by atoms with Crippen molar-refractivity contribution in [2.45, 2.75) is 95.3 Å². The van der Waals surface area contributed by atoms with Gasteiger partial charge in [-0.1, -0.05) is 12.8 Å². The monoisotopic (exact) mass is 289 g/mol. The summed E-state index contributed by atoms with van der Waals surface area (Å²) in [5.41, 5.74) is -0.205. The molecule has 118 valence electrons. The fraction of sp³-hybridized carbons (Fsp3) is 0.944. The Labute approximate surface area is 130 Å². The van der Waals surface area contributed by atoms with Gasteiger partial charge in [0.1, 0.15) is 5.54 Å². The van der Waals surface area contributed by atoms with Crippen molar-refractivity contribution in [2.24, 2.45) is 5.92 Å². The zero-order chi connectivity index (χ0) is 14.9. The highest BCUT2D eigenvalue weighted by Crippen LogP contribution is 2.40. The molecule has 3 nitrogen and oxygen atoms in total. The molecule has 4 atom stereocenters. The van der Waals surface area contributed by atoms with Crippen LogP contribution in [0.4, 0.5) is 0 Å². The number of nitrogens with one attached hydrogen (secondary N) is 1. The Morgan fingerprint density at radius 3 is 2.43 bits per heavy atom. The molecule has 21 heavy (non-hydrogen) atoms. The van der Waals surface area contributed by atoms with Crippen LogP contribution in [0.25, 0.3) is 0 Å². The number of nitrogens with zero attached hydrogens (tertiary/aromatic N) is 2. The van der Waals surface area contributed by atoms with E-state index in [1.165, 1.54) is 57.9 Å². The van der Waals surface area contributed by atoms with Gasteiger partial charge in [-0.05, 0) is 71.3 Å². The van der Waals surface area contributed by atoms with Crippen LogP contribution in [-0.4, -0.2) is 35.1 Å². The third-order valence-corrected chi connectivity index (χ3v) is 6.17. The van der Waals surface area contributed by atoms with Gasteiger partial charge in [0.25, 0.3) is 0 Å². The number of rotatable bonds is 5. The fourth-order valence-electron chi connectivity index (χ4n) is 4.65. The van der Waals surface area contributed by atoms with Gasteiger partial charge in [-0.15, -0.1) is 0 Å². The highest BCUT2D eigenvalue weighted by molar-refractivity contribution is 5.16. The SMILES string of the molecule is C[C@@H]1CCC[C@H](C)N1CCC1CCCC1(C#N)NC1CC1. The summed E-state index contributed by atoms with van der Waals surface area (Å²) in [4.78, 5) is 2.70. The van der Waals surface area contributed by atoms with E-state index in [2.05, 4.69) is 30.1 Å². The van der Waals surface area contributed by atoms with E-state index in [4.69, 9.17) is 0 Å². The van der Waals surface area contributed by atoms with Gasteiger partial charge in [-0.2, -0.15) is 5.26 Å². The highest BCUT2D eigenvalue weighted by atomic mass is 15.2. The fourth-order valence-corrected chi connectivity index (χ4v) is 4.65. The Morgan fingerprint density at radius 1 is 1.10 bits per heavy atom. The van der Waals surface area contributed by atoms with Gasteiger partial charge in [0, 0.05) is 18.1 Å². The zero-order valence-corrected chi connectivity index (χ0v) is 13.8. The standard InChI is InChI=1S/C18H31N3/c1-14-5-3-6-15(2)21(14)12-10-16-7-4-11-18(16,13-19)20-17-8-9-17/h14-17,20H,3-12H2,1-2H3/t14-,15+,16?,18?. The quantitative estimate of drug-likeness (QED) is 0.842. The van der Waals surface area contributed by atoms with Crippen LogP contribution < -0.4 is 5.32 Å². The Balaban J connectivity index is 1.59. The number of likely N-dealkylation sites (tertiary alicyclic amines) is 1. The molecular weight excluding hydrogens is 258 g/mol. The molecule has 1 N–H and O–H groups in total. The molecule has 2 unspecified atom stereocenters. The van der Waals surface area contributed by atoms with Gasteiger partial charge in [0.2, 0.25) is 0 Å². The highest BCUT2D eigenvalue weighted by Gasteiger charge is 2.46. The van der Waals surface area contributed by atoms with E-state index < -0.39 is 0 Å². The van der Waals surface area contributed by atoms with Crippen LogP contribution in [0.2, 0.25) is 0 Å². The minimum Gasteiger partial charge on any atom is -0.298 e. The summed E-state index contributed by atoms with van der Waals surface area (Å²) in [6, 6.07) is 4.77. The van der Waals surface area contributed by atoms with Crippen LogP contribution in [0.15, 0.2) is 0 Å². The van der Waals surface area contributed by atoms with E-state index in [1.54, 1.807) is 0 Å². The van der Waals surface area contributed by atoms with E-state index in [0.717, 1.165) is 18.5 Å². The van der Waals surface area contributed by atoms with E-state index in [-0.39, 0.29) is 5.54 Å². The minimum absolute atomic E-state index is 0.205. The smallest absolute Gasteiger partial charge is 0.109 e. The van der Waals surface area contributed by atoms with Crippen molar-refractivity contribution in [1.82, 2.24) is 10.2 Å². The minimum atomic E-state index is -0.205. The molecule has 0 amide bonds. The lowest BCUT2D eigenvalue weighted by atomic mass is 9.85. The average molecular weight is 289 g/mol. The Kier molecular flexibility index (Phi) is 4.57. The molecule has 1 heterocycles. The summed E-state index contributed by atoms with van der Waals surface area (Å²) in [7, 11) is 0. The second-order valence-electron chi connectivity index (χ2n) is 7.75. The third-order valence-electron chi connectivity index (χ3n) is 6.17. The molecule has 1 aliphatic heterocycles. The van der Waals surface area contributed by atoms with E-state index in [1.807, 2.05) is 0 Å². The average Bonchev–Trinajstić information content (AvgIpc) is 3.18. The number of hydrogen-bond acceptors (Lipinski definition) is 3. The molecule has 3 fully saturated rings. The van der Waals surface area contributed by atoms with Gasteiger partial charge >= 0.3 is 0 Å². The number of piperidine rings is 1. The first-order valence-electron chi connectivity index (χ1n) is 9.09. The second kappa shape index (κ2) is 6.26. The maximum Gasteiger partial charge on any atom is 0.109 e. The van der Waals surface area contributed by atoms with E-state index in [0.29, 0.717) is 12.0 Å². The summed E-state index contributed by atoms with van der Waals surface area (Å²) in [6.45, 7) is 5.94. The van der Waals surface area contributed by atoms with Crippen LogP contribution in [0.3, 0.4) is 0 Å². The summed E-state index contributed by atoms with van der Waals surface area (Å²) in [5, 5.41) is 13.5. The Hall–Kier alpha value is -0.590. The van der Waals surface area contributed by atoms with Crippen molar-refractivity contribution in [3.05, 3.63) is 0 Å². The first-order valence-corrected chi connectivity index (χ1v) is 9.09. The first kappa shape index (κ1) is 15.3. The molecule has 0 aromatic heterocycles. The van der Waals surface area contributed by atoms with Crippen LogP contribution in [0.1, 0.15) is 71.6 Å². The normalized spacial score (nSPS) is 41.1. The molecule has 2 aliphatic carbocycles. The Bertz CT molecular complexity index is 388. The maximum absolute atomic E-state index is 9.78. The molecule has 3 heteroatoms. The molecule has 2 saturated carbocycles. The van der Waals surface area contributed by atoms with Gasteiger partial charge < -0.3 is 0 Å². The van der Waals surface area contributed by atoms with Crippen LogP contribution >= 0.6 is 0 Å². The number of nitriles is 1. The summed E-state index contributed by atoms with van der Waals surface area (Å²) in [5.74, 6) is 0.560. The predicted octanol–water partition coefficient (Wildman–Crippen LogP) is 3.45. The van der Waals surface area contributed by atoms with Crippen molar-refractivity contribution in [3.8, 4) is 6.07 Å². The van der Waals surface area contributed by atoms with Gasteiger partial charge in [-0.3, -0.25) is 10.2 Å². The van der Waals surface area contributed by atoms with Gasteiger partial charge in [0.05, 0.1) is 6.07 Å². The topological polar surface area (TPSA) is 39.1 Å². The molecule has 1 saturated heterocycles. The molecule has 3 aliphatic rings. The lowest BCUT2D eigenvalue weighted by Crippen LogP contribution is -2.50. The molecule has 0 aromatic carbocycles. The predicted molar refractivity (Wildman–Crippen MR) is 85.9 cm³/mol. The Morgan fingerprint density at radius 2 is 1.81 bits per heavy atom. The van der Waals surface area contributed by atoms with Crippen molar-refractivity contribution >= 4 is 0 Å². The van der Waals surface area contributed by atoms with Crippen LogP contribution in [-0.2, 0) is 0 Å². The first-order chi connectivity index (χ1) is 10.1. The van der Waals surface area contributed by atoms with Crippen molar-refractivity contribution < 1.29 is 0 Å². The van der Waals surface area contributed by atoms with E-state index >= 15 is 0 Å². The summed E-state index contributed by atoms with van der Waals surface area (Å²) < 4.78 is 0. The third kappa shape index (κ3) is 3.27. The summed E-state index contributed by atoms with van der Waals surface area (Å²) in [6.07, 6.45) is 11.3. The number of hydrogen-bond donors (Lipinski definition) is 1. The maximum atomic E-state index is 9.78. The molecule has 0 aromatic rings. The van der Waals surface area contributed by atoms with E-state index in [9.17, 15) is 5.26 Å². The van der Waals surface area contributed by atoms with Crippen LogP contribution in [0.5, 0.6) is 0 Å². The van der Waals surface area contributed by atoms with Gasteiger partial charge in [-0.25, -0.2) is 0 Å². The van der Waals surface area contributed by atoms with Crippen LogP contribution in [0, 0.1) is 17.2 Å². The van der Waals surface area contributed by atoms with Crippen molar-refractivity contribution in [3.63, 3.8) is 0 Å². The van der Waals surface area contributed by atoms with Gasteiger partial charge in [0.15, 0.2) is 0 Å². The lowest BCUT2D eigenvalue weighted by Gasteiger charge is -2.40. The second-order valence-corrected chi connectivity index (χ2v) is 7.75.